The van der Waals surface area contributed by atoms with Crippen molar-refractivity contribution in [2.45, 2.75) is 12.7 Å². The van der Waals surface area contributed by atoms with Crippen LogP contribution >= 0.6 is 23.1 Å². The molecule has 0 fully saturated rings. The van der Waals surface area contributed by atoms with Crippen molar-refractivity contribution in [3.63, 3.8) is 0 Å². The minimum Gasteiger partial charge on any atom is -0.496 e. The summed E-state index contributed by atoms with van der Waals surface area (Å²) >= 11 is 3.33. The minimum absolute atomic E-state index is 0.817. The third-order valence-corrected chi connectivity index (χ3v) is 4.63. The lowest BCUT2D eigenvalue weighted by atomic mass is 10.2. The molecule has 0 radical (unpaired) electrons. The number of fused-ring (bicyclic) bond motifs is 1. The number of hydrogen-bond donors (Lipinski definition) is 0. The largest absolute Gasteiger partial charge is 0.496 e. The average Bonchev–Trinajstić information content (AvgIpc) is 3.05. The molecule has 20 heavy (non-hydrogen) atoms. The van der Waals surface area contributed by atoms with Crippen LogP contribution in [0, 0.1) is 0 Å². The SMILES string of the molecule is CCSCc1nnc2sc(-c3ccccc3OC)nn12. The summed E-state index contributed by atoms with van der Waals surface area (Å²) in [5, 5.41) is 13.9. The number of rotatable bonds is 5. The fraction of sp³-hybridized carbons (Fsp3) is 0.308. The van der Waals surface area contributed by atoms with Crippen LogP contribution in [0.3, 0.4) is 0 Å². The van der Waals surface area contributed by atoms with Crippen molar-refractivity contribution in [2.24, 2.45) is 0 Å². The molecule has 104 valence electrons. The predicted octanol–water partition coefficient (Wildman–Crippen LogP) is 3.11. The molecule has 0 saturated heterocycles. The zero-order valence-electron chi connectivity index (χ0n) is 11.2. The van der Waals surface area contributed by atoms with Crippen molar-refractivity contribution in [1.29, 1.82) is 0 Å². The standard InChI is InChI=1S/C13H14N4OS2/c1-3-19-8-11-14-15-13-17(11)16-12(20-13)9-6-4-5-7-10(9)18-2/h4-7H,3,8H2,1-2H3. The van der Waals surface area contributed by atoms with Gasteiger partial charge in [-0.25, -0.2) is 0 Å². The topological polar surface area (TPSA) is 52.3 Å². The number of benzene rings is 1. The van der Waals surface area contributed by atoms with Crippen LogP contribution in [-0.4, -0.2) is 32.7 Å². The number of thioether (sulfide) groups is 1. The predicted molar refractivity (Wildman–Crippen MR) is 82.5 cm³/mol. The normalized spacial score (nSPS) is 11.1. The molecule has 0 aliphatic rings. The Labute approximate surface area is 125 Å². The smallest absolute Gasteiger partial charge is 0.235 e. The van der Waals surface area contributed by atoms with E-state index in [1.54, 1.807) is 7.11 Å². The quantitative estimate of drug-likeness (QED) is 0.725. The number of hydrogen-bond acceptors (Lipinski definition) is 6. The monoisotopic (exact) mass is 306 g/mol. The van der Waals surface area contributed by atoms with Crippen molar-refractivity contribution in [3.8, 4) is 16.3 Å². The Bertz CT molecular complexity index is 722. The third-order valence-electron chi connectivity index (χ3n) is 2.83. The van der Waals surface area contributed by atoms with Crippen LogP contribution in [0.15, 0.2) is 24.3 Å². The van der Waals surface area contributed by atoms with Crippen LogP contribution in [0.25, 0.3) is 15.5 Å². The molecule has 3 rings (SSSR count). The van der Waals surface area contributed by atoms with E-state index >= 15 is 0 Å². The van der Waals surface area contributed by atoms with E-state index in [2.05, 4.69) is 22.2 Å². The Morgan fingerprint density at radius 3 is 2.95 bits per heavy atom. The van der Waals surface area contributed by atoms with Crippen molar-refractivity contribution >= 4 is 28.1 Å². The molecule has 0 bridgehead atoms. The number of ether oxygens (including phenoxy) is 1. The molecular formula is C13H14N4OS2. The summed E-state index contributed by atoms with van der Waals surface area (Å²) in [6, 6.07) is 7.87. The van der Waals surface area contributed by atoms with Gasteiger partial charge in [0, 0.05) is 0 Å². The van der Waals surface area contributed by atoms with Crippen molar-refractivity contribution in [1.82, 2.24) is 19.8 Å². The second-order valence-corrected chi connectivity index (χ2v) is 6.29. The first-order chi connectivity index (χ1) is 9.83. The molecule has 2 heterocycles. The summed E-state index contributed by atoms with van der Waals surface area (Å²) in [5.41, 5.74) is 0.986. The summed E-state index contributed by atoms with van der Waals surface area (Å²) in [7, 11) is 1.67. The maximum absolute atomic E-state index is 5.38. The highest BCUT2D eigenvalue weighted by Crippen LogP contribution is 2.32. The van der Waals surface area contributed by atoms with Crippen LogP contribution in [-0.2, 0) is 5.75 Å². The van der Waals surface area contributed by atoms with Crippen LogP contribution in [0.1, 0.15) is 12.7 Å². The van der Waals surface area contributed by atoms with Crippen molar-refractivity contribution < 1.29 is 4.74 Å². The van der Waals surface area contributed by atoms with Gasteiger partial charge < -0.3 is 4.74 Å². The Balaban J connectivity index is 2.02. The summed E-state index contributed by atoms with van der Waals surface area (Å²) in [6.07, 6.45) is 0. The lowest BCUT2D eigenvalue weighted by molar-refractivity contribution is 0.416. The summed E-state index contributed by atoms with van der Waals surface area (Å²) in [4.78, 5) is 0.817. The van der Waals surface area contributed by atoms with Crippen LogP contribution in [0.5, 0.6) is 5.75 Å². The molecule has 0 amide bonds. The van der Waals surface area contributed by atoms with Gasteiger partial charge in [0.2, 0.25) is 4.96 Å². The highest BCUT2D eigenvalue weighted by atomic mass is 32.2. The van der Waals surface area contributed by atoms with Crippen molar-refractivity contribution in [2.75, 3.05) is 12.9 Å². The fourth-order valence-electron chi connectivity index (χ4n) is 1.87. The van der Waals surface area contributed by atoms with E-state index in [4.69, 9.17) is 4.74 Å². The van der Waals surface area contributed by atoms with E-state index in [1.165, 1.54) is 11.3 Å². The van der Waals surface area contributed by atoms with Gasteiger partial charge in [-0.2, -0.15) is 21.4 Å². The van der Waals surface area contributed by atoms with E-state index in [9.17, 15) is 0 Å². The van der Waals surface area contributed by atoms with Crippen LogP contribution < -0.4 is 4.74 Å². The second-order valence-electron chi connectivity index (χ2n) is 4.06. The van der Waals surface area contributed by atoms with Crippen molar-refractivity contribution in [3.05, 3.63) is 30.1 Å². The van der Waals surface area contributed by atoms with E-state index < -0.39 is 0 Å². The van der Waals surface area contributed by atoms with E-state index in [0.29, 0.717) is 0 Å². The first-order valence-electron chi connectivity index (χ1n) is 6.25. The van der Waals surface area contributed by atoms with Gasteiger partial charge in [0.05, 0.1) is 18.4 Å². The van der Waals surface area contributed by atoms with Gasteiger partial charge >= 0.3 is 0 Å². The Morgan fingerprint density at radius 2 is 2.15 bits per heavy atom. The van der Waals surface area contributed by atoms with Gasteiger partial charge in [0.15, 0.2) is 10.8 Å². The van der Waals surface area contributed by atoms with E-state index in [0.717, 1.165) is 38.6 Å². The Kier molecular flexibility index (Phi) is 3.88. The number of aromatic nitrogens is 4. The molecule has 1 aromatic carbocycles. The van der Waals surface area contributed by atoms with Crippen LogP contribution in [0.4, 0.5) is 0 Å². The fourth-order valence-corrected chi connectivity index (χ4v) is 3.33. The van der Waals surface area contributed by atoms with Gasteiger partial charge in [-0.15, -0.1) is 10.2 Å². The summed E-state index contributed by atoms with van der Waals surface area (Å²) < 4.78 is 7.21. The molecule has 2 aromatic heterocycles. The number of nitrogens with zero attached hydrogens (tertiary/aromatic N) is 4. The zero-order valence-corrected chi connectivity index (χ0v) is 12.9. The van der Waals surface area contributed by atoms with Gasteiger partial charge in [-0.3, -0.25) is 0 Å². The molecule has 0 saturated carbocycles. The Hall–Kier alpha value is -1.60. The first-order valence-corrected chi connectivity index (χ1v) is 8.23. The molecule has 0 atom stereocenters. The zero-order chi connectivity index (χ0) is 13.9. The summed E-state index contributed by atoms with van der Waals surface area (Å²) in [5.74, 6) is 3.59. The third kappa shape index (κ3) is 2.38. The molecule has 5 nitrogen and oxygen atoms in total. The highest BCUT2D eigenvalue weighted by Gasteiger charge is 2.15. The second kappa shape index (κ2) is 5.80. The minimum atomic E-state index is 0.817. The maximum Gasteiger partial charge on any atom is 0.235 e. The van der Waals surface area contributed by atoms with Gasteiger partial charge in [0.25, 0.3) is 0 Å². The molecule has 0 N–H and O–H groups in total. The number of methoxy groups -OCH3 is 1. The molecular weight excluding hydrogens is 292 g/mol. The highest BCUT2D eigenvalue weighted by molar-refractivity contribution is 7.98. The number of para-hydroxylation sites is 1. The molecule has 3 aromatic rings. The molecule has 7 heteroatoms. The lowest BCUT2D eigenvalue weighted by Gasteiger charge is -2.03. The molecule has 0 spiro atoms. The summed E-state index contributed by atoms with van der Waals surface area (Å²) in [6.45, 7) is 2.13. The van der Waals surface area contributed by atoms with Crippen LogP contribution in [0.2, 0.25) is 0 Å². The Morgan fingerprint density at radius 1 is 1.30 bits per heavy atom. The van der Waals surface area contributed by atoms with Gasteiger partial charge in [-0.05, 0) is 17.9 Å². The molecule has 0 aliphatic heterocycles. The van der Waals surface area contributed by atoms with E-state index in [-0.39, 0.29) is 0 Å². The molecule has 0 unspecified atom stereocenters. The lowest BCUT2D eigenvalue weighted by Crippen LogP contribution is -1.94. The maximum atomic E-state index is 5.38. The van der Waals surface area contributed by atoms with Gasteiger partial charge in [0.1, 0.15) is 5.75 Å². The van der Waals surface area contributed by atoms with Gasteiger partial charge in [-0.1, -0.05) is 30.4 Å². The first kappa shape index (κ1) is 13.4. The molecule has 0 aliphatic carbocycles. The van der Waals surface area contributed by atoms with E-state index in [1.807, 2.05) is 40.5 Å². The average molecular weight is 306 g/mol.